The van der Waals surface area contributed by atoms with E-state index in [2.05, 4.69) is 13.2 Å². The first kappa shape index (κ1) is 32.9. The van der Waals surface area contributed by atoms with E-state index in [-0.39, 0.29) is 30.6 Å². The summed E-state index contributed by atoms with van der Waals surface area (Å²) in [6, 6.07) is 5.39. The molecule has 6 nitrogen and oxygen atoms in total. The van der Waals surface area contributed by atoms with Crippen molar-refractivity contribution in [3.8, 4) is 5.75 Å². The molecule has 2 aliphatic heterocycles. The number of halogens is 6. The first-order valence-electron chi connectivity index (χ1n) is 14.1. The summed E-state index contributed by atoms with van der Waals surface area (Å²) in [5.41, 5.74) is -3.42. The van der Waals surface area contributed by atoms with Gasteiger partial charge in [-0.05, 0) is 56.0 Å². The van der Waals surface area contributed by atoms with Crippen molar-refractivity contribution >= 4 is 11.9 Å². The van der Waals surface area contributed by atoms with Crippen LogP contribution in [-0.2, 0) is 17.1 Å². The zero-order chi connectivity index (χ0) is 32.6. The Hall–Kier alpha value is -3.96. The molecule has 12 heteroatoms. The minimum atomic E-state index is -5.03. The summed E-state index contributed by atoms with van der Waals surface area (Å²) in [6.45, 7) is 9.31. The number of allylic oxidation sites excluding steroid dienone is 2. The number of rotatable bonds is 8. The summed E-state index contributed by atoms with van der Waals surface area (Å²) in [4.78, 5) is 32.4. The topological polar surface area (TPSA) is 53.1 Å². The third kappa shape index (κ3) is 6.03. The summed E-state index contributed by atoms with van der Waals surface area (Å²) in [6.07, 6.45) is -5.53. The normalized spacial score (nSPS) is 20.6. The number of benzene rings is 2. The fourth-order valence-corrected chi connectivity index (χ4v) is 6.45. The first-order chi connectivity index (χ1) is 20.6. The van der Waals surface area contributed by atoms with Gasteiger partial charge in [-0.15, -0.1) is 13.2 Å². The van der Waals surface area contributed by atoms with Crippen LogP contribution in [-0.4, -0.2) is 59.9 Å². The van der Waals surface area contributed by atoms with Crippen molar-refractivity contribution in [3.63, 3.8) is 0 Å². The number of carbonyl (C=O) groups excluding carboxylic acids is 2. The molecule has 0 N–H and O–H groups in total. The highest BCUT2D eigenvalue weighted by Crippen LogP contribution is 2.50. The highest BCUT2D eigenvalue weighted by Gasteiger charge is 2.56. The van der Waals surface area contributed by atoms with Crippen LogP contribution in [0.1, 0.15) is 60.5 Å². The number of fused-ring (bicyclic) bond motifs is 1. The third-order valence-electron chi connectivity index (χ3n) is 8.75. The number of nitrogens with zero attached hydrogens (tertiary/aromatic N) is 3. The van der Waals surface area contributed by atoms with E-state index in [0.717, 1.165) is 4.90 Å². The van der Waals surface area contributed by atoms with Gasteiger partial charge in [-0.2, -0.15) is 26.3 Å². The molecule has 2 fully saturated rings. The molecule has 0 radical (unpaired) electrons. The fourth-order valence-electron chi connectivity index (χ4n) is 6.45. The number of hydrogen-bond donors (Lipinski definition) is 0. The maximum Gasteiger partial charge on any atom is 0.416 e. The van der Waals surface area contributed by atoms with Crippen LogP contribution in [0.2, 0.25) is 0 Å². The van der Waals surface area contributed by atoms with Crippen LogP contribution in [0.25, 0.3) is 0 Å². The quantitative estimate of drug-likeness (QED) is 0.224. The zero-order valence-electron chi connectivity index (χ0n) is 24.7. The molecule has 0 saturated carbocycles. The number of para-hydroxylation sites is 1. The second-order valence-electron chi connectivity index (χ2n) is 11.3. The van der Waals surface area contributed by atoms with Crippen LogP contribution in [0.3, 0.4) is 0 Å². The molecule has 4 rings (SSSR count). The van der Waals surface area contributed by atoms with Gasteiger partial charge >= 0.3 is 18.4 Å². The van der Waals surface area contributed by atoms with Crippen LogP contribution in [0.5, 0.6) is 5.75 Å². The molecule has 0 aromatic heterocycles. The Balaban J connectivity index is 1.77. The summed E-state index contributed by atoms with van der Waals surface area (Å²) in [7, 11) is 2.82. The van der Waals surface area contributed by atoms with Crippen molar-refractivity contribution in [3.05, 3.63) is 90.0 Å². The van der Waals surface area contributed by atoms with Crippen molar-refractivity contribution in [2.24, 2.45) is 5.41 Å². The van der Waals surface area contributed by atoms with Gasteiger partial charge in [0.1, 0.15) is 5.75 Å². The molecule has 3 amide bonds. The van der Waals surface area contributed by atoms with Gasteiger partial charge in [0, 0.05) is 25.7 Å². The van der Waals surface area contributed by atoms with Crippen molar-refractivity contribution < 1.29 is 40.7 Å². The smallest absolute Gasteiger partial charge is 0.416 e. The number of ether oxygens (including phenoxy) is 1. The van der Waals surface area contributed by atoms with E-state index in [1.54, 1.807) is 41.3 Å². The predicted octanol–water partition coefficient (Wildman–Crippen LogP) is 7.64. The van der Waals surface area contributed by atoms with E-state index in [1.165, 1.54) is 26.0 Å². The third-order valence-corrected chi connectivity index (χ3v) is 8.75. The second-order valence-corrected chi connectivity index (χ2v) is 11.3. The maximum absolute atomic E-state index is 14.2. The number of alkyl halides is 6. The molecule has 44 heavy (non-hydrogen) atoms. The lowest BCUT2D eigenvalue weighted by Crippen LogP contribution is -2.57. The molecule has 3 unspecified atom stereocenters. The second kappa shape index (κ2) is 12.2. The molecule has 0 bridgehead atoms. The molecule has 2 aliphatic rings. The zero-order valence-corrected chi connectivity index (χ0v) is 24.7. The van der Waals surface area contributed by atoms with Gasteiger partial charge in [0.05, 0.1) is 41.8 Å². The molecule has 0 spiro atoms. The summed E-state index contributed by atoms with van der Waals surface area (Å²) >= 11 is 0. The lowest BCUT2D eigenvalue weighted by atomic mass is 9.77. The molecule has 0 aliphatic carbocycles. The molecule has 2 aromatic rings. The number of methoxy groups -OCH3 is 1. The van der Waals surface area contributed by atoms with E-state index >= 15 is 0 Å². The summed E-state index contributed by atoms with van der Waals surface area (Å²) in [5, 5.41) is 0. The monoisotopic (exact) mass is 623 g/mol. The van der Waals surface area contributed by atoms with Gasteiger partial charge in [-0.1, -0.05) is 30.4 Å². The minimum Gasteiger partial charge on any atom is -0.496 e. The highest BCUT2D eigenvalue weighted by molar-refractivity contribution is 5.87. The molecule has 2 saturated heterocycles. The number of piperazine rings is 1. The Labute approximate surface area is 252 Å². The van der Waals surface area contributed by atoms with Crippen molar-refractivity contribution in [2.45, 2.75) is 56.7 Å². The SMILES string of the molecule is C=CCC1(CC=C)CC2C(c3ccccc3OC)N(C(=O)N(C)C(C)c3cc(C(F)(F)F)cc(C(F)(F)F)c3)CCN2C1=O. The molecular weight excluding hydrogens is 588 g/mol. The van der Waals surface area contributed by atoms with Gasteiger partial charge in [0.25, 0.3) is 0 Å². The molecule has 238 valence electrons. The van der Waals surface area contributed by atoms with Crippen LogP contribution >= 0.6 is 0 Å². The summed E-state index contributed by atoms with van der Waals surface area (Å²) in [5.74, 6) is 0.387. The molecule has 2 heterocycles. The minimum absolute atomic E-state index is 0.0604. The number of urea groups is 1. The molecular formula is C32H35F6N3O3. The van der Waals surface area contributed by atoms with Crippen LogP contribution in [0, 0.1) is 5.41 Å². The Morgan fingerprint density at radius 1 is 1.05 bits per heavy atom. The maximum atomic E-state index is 14.2. The van der Waals surface area contributed by atoms with E-state index in [9.17, 15) is 35.9 Å². The number of hydrogen-bond acceptors (Lipinski definition) is 3. The predicted molar refractivity (Wildman–Crippen MR) is 153 cm³/mol. The lowest BCUT2D eigenvalue weighted by molar-refractivity contribution is -0.143. The Morgan fingerprint density at radius 2 is 1.61 bits per heavy atom. The Morgan fingerprint density at radius 3 is 2.14 bits per heavy atom. The van der Waals surface area contributed by atoms with Gasteiger partial charge in [-0.25, -0.2) is 4.79 Å². The van der Waals surface area contributed by atoms with Gasteiger partial charge < -0.3 is 19.4 Å². The molecule has 2 aromatic carbocycles. The standard InChI is InChI=1S/C32H35F6N3O3/c1-6-12-30(13-7-2)19-25-27(24-10-8-9-11-26(24)44-5)41(15-14-40(25)28(30)42)29(43)39(4)20(3)21-16-22(31(33,34)35)18-23(17-21)32(36,37)38/h6-11,16-18,20,25,27H,1-2,12-15,19H2,3-5H3. The van der Waals surface area contributed by atoms with E-state index < -0.39 is 53.1 Å². The highest BCUT2D eigenvalue weighted by atomic mass is 19.4. The Kier molecular flexibility index (Phi) is 9.14. The summed E-state index contributed by atoms with van der Waals surface area (Å²) < 4.78 is 87.1. The van der Waals surface area contributed by atoms with E-state index in [4.69, 9.17) is 4.74 Å². The van der Waals surface area contributed by atoms with Crippen LogP contribution in [0.15, 0.2) is 67.8 Å². The van der Waals surface area contributed by atoms with Crippen molar-refractivity contribution in [1.82, 2.24) is 14.7 Å². The van der Waals surface area contributed by atoms with E-state index in [1.807, 2.05) is 0 Å². The van der Waals surface area contributed by atoms with Gasteiger partial charge in [-0.3, -0.25) is 4.79 Å². The average molecular weight is 624 g/mol. The lowest BCUT2D eigenvalue weighted by Gasteiger charge is -2.46. The average Bonchev–Trinajstić information content (AvgIpc) is 3.25. The largest absolute Gasteiger partial charge is 0.496 e. The number of carbonyl (C=O) groups is 2. The number of amides is 3. The van der Waals surface area contributed by atoms with E-state index in [0.29, 0.717) is 42.7 Å². The van der Waals surface area contributed by atoms with Gasteiger partial charge in [0.2, 0.25) is 5.91 Å². The van der Waals surface area contributed by atoms with Crippen LogP contribution < -0.4 is 4.74 Å². The fraction of sp³-hybridized carbons (Fsp3) is 0.438. The Bertz CT molecular complexity index is 1380. The molecule has 3 atom stereocenters. The van der Waals surface area contributed by atoms with Crippen molar-refractivity contribution in [1.29, 1.82) is 0 Å². The van der Waals surface area contributed by atoms with Crippen molar-refractivity contribution in [2.75, 3.05) is 27.2 Å². The van der Waals surface area contributed by atoms with Crippen LogP contribution in [0.4, 0.5) is 31.1 Å². The van der Waals surface area contributed by atoms with Gasteiger partial charge in [0.15, 0.2) is 0 Å². The first-order valence-corrected chi connectivity index (χ1v) is 14.1.